The van der Waals surface area contributed by atoms with Crippen molar-refractivity contribution in [2.75, 3.05) is 31.6 Å². The Hall–Kier alpha value is -3.92. The molecular formula is C39H48N4O6. The summed E-state index contributed by atoms with van der Waals surface area (Å²) in [7, 11) is 1.73. The van der Waals surface area contributed by atoms with Crippen molar-refractivity contribution in [3.8, 4) is 17.0 Å². The number of hydrogen-bond acceptors (Lipinski definition) is 8. The lowest BCUT2D eigenvalue weighted by Crippen LogP contribution is -2.54. The Morgan fingerprint density at radius 1 is 0.980 bits per heavy atom. The highest BCUT2D eigenvalue weighted by molar-refractivity contribution is 5.95. The number of fused-ring (bicyclic) bond motifs is 3. The number of pyridine rings is 1. The van der Waals surface area contributed by atoms with Gasteiger partial charge in [-0.05, 0) is 124 Å². The van der Waals surface area contributed by atoms with E-state index < -0.39 is 6.10 Å². The van der Waals surface area contributed by atoms with Crippen molar-refractivity contribution < 1.29 is 28.7 Å². The van der Waals surface area contributed by atoms with Crippen LogP contribution in [-0.4, -0.2) is 71.1 Å². The number of amides is 2. The van der Waals surface area contributed by atoms with Crippen molar-refractivity contribution >= 4 is 17.8 Å². The molecule has 5 saturated carbocycles. The molecule has 2 aromatic heterocycles. The molecule has 0 radical (unpaired) electrons. The van der Waals surface area contributed by atoms with Crippen LogP contribution in [0.3, 0.4) is 0 Å². The van der Waals surface area contributed by atoms with Crippen LogP contribution in [0.4, 0.5) is 10.6 Å². The van der Waals surface area contributed by atoms with Crippen LogP contribution in [0.2, 0.25) is 0 Å². The highest BCUT2D eigenvalue weighted by Gasteiger charge is 2.51. The van der Waals surface area contributed by atoms with Gasteiger partial charge in [-0.25, -0.2) is 9.78 Å². The zero-order chi connectivity index (χ0) is 33.8. The van der Waals surface area contributed by atoms with Crippen LogP contribution in [-0.2, 0) is 14.9 Å². The fourth-order valence-electron chi connectivity index (χ4n) is 8.93. The number of rotatable bonds is 9. The predicted molar refractivity (Wildman–Crippen MR) is 183 cm³/mol. The van der Waals surface area contributed by atoms with Crippen LogP contribution in [0.1, 0.15) is 99.9 Å². The number of benzene rings is 1. The van der Waals surface area contributed by atoms with E-state index in [0.29, 0.717) is 57.1 Å². The number of likely N-dealkylation sites (tertiary alicyclic amines) is 1. The number of anilines is 1. The summed E-state index contributed by atoms with van der Waals surface area (Å²) in [6.45, 7) is 3.43. The number of methoxy groups -OCH3 is 1. The summed E-state index contributed by atoms with van der Waals surface area (Å²) in [6, 6.07) is 12.7. The van der Waals surface area contributed by atoms with Gasteiger partial charge in [0.1, 0.15) is 29.1 Å². The van der Waals surface area contributed by atoms with Crippen LogP contribution in [0.5, 0.6) is 5.75 Å². The van der Waals surface area contributed by atoms with Gasteiger partial charge in [-0.2, -0.15) is 0 Å². The number of aromatic nitrogens is 2. The first-order valence-corrected chi connectivity index (χ1v) is 18.3. The topological polar surface area (TPSA) is 118 Å². The van der Waals surface area contributed by atoms with Crippen molar-refractivity contribution in [3.63, 3.8) is 0 Å². The molecule has 1 saturated heterocycles. The van der Waals surface area contributed by atoms with Crippen molar-refractivity contribution in [3.05, 3.63) is 59.5 Å². The largest absolute Gasteiger partial charge is 0.496 e. The standard InChI is InChI=1S/C39H48N4O6/c1-25-19-29(7-10-33(25)47-2)39-15-12-38(13-16-39,14-17-39)24-43(35-20-28(11-18-40-35)32-21-34(49-41-32)26-3-4-26)36(45)27-5-8-31(9-6-27)48-37(46)42-22-30(44)23-42/h7,10-11,18-21,26-27,30-31,44H,3-6,8-9,12-17,22-24H2,1-2H3. The van der Waals surface area contributed by atoms with Gasteiger partial charge in [0.15, 0.2) is 0 Å². The summed E-state index contributed by atoms with van der Waals surface area (Å²) in [5.74, 6) is 2.96. The third-order valence-electron chi connectivity index (χ3n) is 12.4. The smallest absolute Gasteiger partial charge is 0.410 e. The summed E-state index contributed by atoms with van der Waals surface area (Å²) >= 11 is 0. The normalized spacial score (nSPS) is 28.2. The number of β-amino-alcohol motifs (C(OH)–C–C–N with tert-alkyl or cyclic N) is 1. The summed E-state index contributed by atoms with van der Waals surface area (Å²) < 4.78 is 17.0. The number of nitrogens with zero attached hydrogens (tertiary/aromatic N) is 4. The van der Waals surface area contributed by atoms with Crippen LogP contribution < -0.4 is 9.64 Å². The van der Waals surface area contributed by atoms with Crippen molar-refractivity contribution in [2.45, 2.75) is 108 Å². The third kappa shape index (κ3) is 6.33. The van der Waals surface area contributed by atoms with E-state index in [1.807, 2.05) is 23.1 Å². The molecule has 49 heavy (non-hydrogen) atoms. The van der Waals surface area contributed by atoms with Crippen molar-refractivity contribution in [1.29, 1.82) is 0 Å². The number of carbonyl (C=O) groups is 2. The second kappa shape index (κ2) is 12.8. The first-order valence-electron chi connectivity index (χ1n) is 18.3. The number of carbonyl (C=O) groups excluding carboxylic acids is 2. The van der Waals surface area contributed by atoms with Crippen LogP contribution >= 0.6 is 0 Å². The Morgan fingerprint density at radius 3 is 2.37 bits per heavy atom. The van der Waals surface area contributed by atoms with E-state index >= 15 is 0 Å². The summed E-state index contributed by atoms with van der Waals surface area (Å²) in [5.41, 5.74) is 4.51. The van der Waals surface area contributed by atoms with Gasteiger partial charge >= 0.3 is 6.09 Å². The highest BCUT2D eigenvalue weighted by Crippen LogP contribution is 2.58. The molecule has 2 amide bonds. The van der Waals surface area contributed by atoms with E-state index in [2.05, 4.69) is 30.3 Å². The van der Waals surface area contributed by atoms with E-state index in [4.69, 9.17) is 19.0 Å². The molecule has 260 valence electrons. The molecule has 10 nitrogen and oxygen atoms in total. The van der Waals surface area contributed by atoms with Gasteiger partial charge in [-0.15, -0.1) is 0 Å². The Kier molecular flexibility index (Phi) is 8.41. The van der Waals surface area contributed by atoms with Crippen molar-refractivity contribution in [2.24, 2.45) is 11.3 Å². The molecule has 0 unspecified atom stereocenters. The molecular weight excluding hydrogens is 620 g/mol. The molecule has 5 aliphatic carbocycles. The number of hydrogen-bond donors (Lipinski definition) is 1. The summed E-state index contributed by atoms with van der Waals surface area (Å²) in [4.78, 5) is 35.4. The van der Waals surface area contributed by atoms with E-state index in [1.54, 1.807) is 13.3 Å². The molecule has 9 rings (SSSR count). The Balaban J connectivity index is 1.01. The molecule has 6 fully saturated rings. The lowest BCUT2D eigenvalue weighted by atomic mass is 9.51. The van der Waals surface area contributed by atoms with Gasteiger partial charge in [-0.3, -0.25) is 9.69 Å². The quantitative estimate of drug-likeness (QED) is 0.261. The van der Waals surface area contributed by atoms with Gasteiger partial charge in [-0.1, -0.05) is 17.3 Å². The second-order valence-electron chi connectivity index (χ2n) is 15.6. The SMILES string of the molecule is COc1ccc(C23CCC(CN(C(=O)C4CCC(OC(=O)N5CC(O)C5)CC4)c4cc(-c5cc(C6CC6)on5)ccn4)(CC2)CC3)cc1C. The number of ether oxygens (including phenoxy) is 2. The minimum Gasteiger partial charge on any atom is -0.496 e. The van der Waals surface area contributed by atoms with E-state index in [-0.39, 0.29) is 34.9 Å². The summed E-state index contributed by atoms with van der Waals surface area (Å²) in [6.07, 6.45) is 12.2. The maximum atomic E-state index is 14.6. The molecule has 1 aromatic carbocycles. The monoisotopic (exact) mass is 668 g/mol. The molecule has 0 atom stereocenters. The summed E-state index contributed by atoms with van der Waals surface area (Å²) in [5, 5.41) is 13.9. The Bertz CT molecular complexity index is 1680. The predicted octanol–water partition coefficient (Wildman–Crippen LogP) is 6.93. The van der Waals surface area contributed by atoms with Crippen molar-refractivity contribution in [1.82, 2.24) is 15.0 Å². The van der Waals surface area contributed by atoms with Crippen LogP contribution in [0.15, 0.2) is 47.1 Å². The molecule has 10 heteroatoms. The molecule has 6 aliphatic rings. The van der Waals surface area contributed by atoms with Gasteiger partial charge in [0.25, 0.3) is 0 Å². The first kappa shape index (κ1) is 32.3. The molecule has 0 spiro atoms. The van der Waals surface area contributed by atoms with Gasteiger partial charge < -0.3 is 24.0 Å². The second-order valence-corrected chi connectivity index (χ2v) is 15.6. The fourth-order valence-corrected chi connectivity index (χ4v) is 8.93. The lowest BCUT2D eigenvalue weighted by Gasteiger charge is -2.55. The Morgan fingerprint density at radius 2 is 1.71 bits per heavy atom. The molecule has 3 aromatic rings. The minimum atomic E-state index is -0.459. The molecule has 1 aliphatic heterocycles. The average molecular weight is 669 g/mol. The molecule has 1 N–H and O–H groups in total. The number of aliphatic hydroxyl groups excluding tert-OH is 1. The highest BCUT2D eigenvalue weighted by atomic mass is 16.6. The average Bonchev–Trinajstić information content (AvgIpc) is 3.85. The van der Waals surface area contributed by atoms with Gasteiger partial charge in [0, 0.05) is 36.2 Å². The molecule has 2 bridgehead atoms. The Labute approximate surface area is 288 Å². The fraction of sp³-hybridized carbons (Fsp3) is 0.590. The zero-order valence-corrected chi connectivity index (χ0v) is 28.7. The molecule has 3 heterocycles. The van der Waals surface area contributed by atoms with Crippen LogP contribution in [0, 0.1) is 18.3 Å². The van der Waals surface area contributed by atoms with E-state index in [0.717, 1.165) is 74.1 Å². The van der Waals surface area contributed by atoms with Gasteiger partial charge in [0.05, 0.1) is 26.3 Å². The number of aliphatic hydroxyl groups is 1. The minimum absolute atomic E-state index is 0.0398. The maximum absolute atomic E-state index is 14.6. The maximum Gasteiger partial charge on any atom is 0.410 e. The third-order valence-corrected chi connectivity index (χ3v) is 12.4. The van der Waals surface area contributed by atoms with E-state index in [1.165, 1.54) is 16.0 Å². The zero-order valence-electron chi connectivity index (χ0n) is 28.7. The van der Waals surface area contributed by atoms with Crippen LogP contribution in [0.25, 0.3) is 11.3 Å². The van der Waals surface area contributed by atoms with Gasteiger partial charge in [0.2, 0.25) is 5.91 Å². The lowest BCUT2D eigenvalue weighted by molar-refractivity contribution is -0.124. The van der Waals surface area contributed by atoms with E-state index in [9.17, 15) is 14.7 Å². The number of aryl methyl sites for hydroxylation is 1. The first-order chi connectivity index (χ1) is 23.7.